The highest BCUT2D eigenvalue weighted by atomic mass is 16.5. The summed E-state index contributed by atoms with van der Waals surface area (Å²) >= 11 is 0. The van der Waals surface area contributed by atoms with Gasteiger partial charge in [-0.05, 0) is 66.7 Å². The van der Waals surface area contributed by atoms with E-state index in [0.717, 1.165) is 18.9 Å². The predicted octanol–water partition coefficient (Wildman–Crippen LogP) is 1.60. The molecule has 0 radical (unpaired) electrons. The number of nitrogens with zero attached hydrogens (tertiary/aromatic N) is 2. The van der Waals surface area contributed by atoms with Gasteiger partial charge in [0.2, 0.25) is 0 Å². The number of likely N-dealkylation sites (tertiary alicyclic amines) is 1. The van der Waals surface area contributed by atoms with Crippen LogP contribution >= 0.6 is 0 Å². The van der Waals surface area contributed by atoms with Crippen molar-refractivity contribution in [3.05, 3.63) is 0 Å². The van der Waals surface area contributed by atoms with Gasteiger partial charge >= 0.3 is 5.97 Å². The maximum atomic E-state index is 11.9. The summed E-state index contributed by atoms with van der Waals surface area (Å²) in [5.41, 5.74) is -0.527. The van der Waals surface area contributed by atoms with Gasteiger partial charge in [0.25, 0.3) is 0 Å². The second-order valence-electron chi connectivity index (χ2n) is 5.91. The van der Waals surface area contributed by atoms with Crippen LogP contribution in [0.2, 0.25) is 0 Å². The van der Waals surface area contributed by atoms with Crippen LogP contribution in [0.15, 0.2) is 0 Å². The summed E-state index contributed by atoms with van der Waals surface area (Å²) in [6.07, 6.45) is 2.44. The molecule has 0 aromatic rings. The zero-order chi connectivity index (χ0) is 13.8. The van der Waals surface area contributed by atoms with Crippen LogP contribution in [0.4, 0.5) is 0 Å². The first-order chi connectivity index (χ1) is 8.37. The number of carbonyl (C=O) groups is 1. The normalized spacial score (nSPS) is 21.6. The second-order valence-corrected chi connectivity index (χ2v) is 5.91. The molecule has 0 aromatic carbocycles. The van der Waals surface area contributed by atoms with Gasteiger partial charge in [0, 0.05) is 6.54 Å². The van der Waals surface area contributed by atoms with Crippen molar-refractivity contribution in [1.29, 1.82) is 0 Å². The first-order valence-electron chi connectivity index (χ1n) is 6.95. The number of esters is 1. The van der Waals surface area contributed by atoms with Gasteiger partial charge < -0.3 is 9.64 Å². The van der Waals surface area contributed by atoms with E-state index in [1.54, 1.807) is 0 Å². The highest BCUT2D eigenvalue weighted by Gasteiger charge is 2.34. The average molecular weight is 256 g/mol. The highest BCUT2D eigenvalue weighted by molar-refractivity contribution is 5.79. The van der Waals surface area contributed by atoms with E-state index in [0.29, 0.717) is 6.61 Å². The number of hydrogen-bond donors (Lipinski definition) is 0. The fourth-order valence-electron chi connectivity index (χ4n) is 2.38. The first-order valence-corrected chi connectivity index (χ1v) is 6.95. The highest BCUT2D eigenvalue weighted by Crippen LogP contribution is 2.21. The van der Waals surface area contributed by atoms with Gasteiger partial charge in [-0.25, -0.2) is 0 Å². The zero-order valence-electron chi connectivity index (χ0n) is 12.5. The van der Waals surface area contributed by atoms with Crippen LogP contribution in [0.5, 0.6) is 0 Å². The largest absolute Gasteiger partial charge is 0.465 e. The number of likely N-dealkylation sites (N-methyl/N-ethyl adjacent to an activating group) is 1. The lowest BCUT2D eigenvalue weighted by molar-refractivity contribution is -0.155. The van der Waals surface area contributed by atoms with Crippen LogP contribution in [0.25, 0.3) is 0 Å². The molecule has 1 aliphatic rings. The van der Waals surface area contributed by atoms with Crippen LogP contribution in [-0.2, 0) is 9.53 Å². The molecule has 0 aromatic heterocycles. The number of hydrogen-bond acceptors (Lipinski definition) is 4. The van der Waals surface area contributed by atoms with Crippen molar-refractivity contribution in [3.63, 3.8) is 0 Å². The minimum absolute atomic E-state index is 0.129. The molecule has 4 nitrogen and oxygen atoms in total. The van der Waals surface area contributed by atoms with Crippen molar-refractivity contribution in [1.82, 2.24) is 9.80 Å². The van der Waals surface area contributed by atoms with Gasteiger partial charge in [0.05, 0.1) is 6.61 Å². The molecule has 1 aliphatic heterocycles. The summed E-state index contributed by atoms with van der Waals surface area (Å²) in [5, 5.41) is 0. The summed E-state index contributed by atoms with van der Waals surface area (Å²) in [6.45, 7) is 9.51. The second kappa shape index (κ2) is 6.53. The third-order valence-electron chi connectivity index (χ3n) is 4.09. The van der Waals surface area contributed by atoms with E-state index in [9.17, 15) is 4.79 Å². The summed E-state index contributed by atoms with van der Waals surface area (Å²) in [5.74, 6) is 0.645. The quantitative estimate of drug-likeness (QED) is 0.676. The van der Waals surface area contributed by atoms with Crippen LogP contribution in [0.1, 0.15) is 33.6 Å². The maximum absolute atomic E-state index is 11.9. The Hall–Kier alpha value is -0.610. The van der Waals surface area contributed by atoms with Crippen molar-refractivity contribution < 1.29 is 9.53 Å². The van der Waals surface area contributed by atoms with Gasteiger partial charge in [0.1, 0.15) is 5.54 Å². The zero-order valence-corrected chi connectivity index (χ0v) is 12.5. The number of rotatable bonds is 6. The maximum Gasteiger partial charge on any atom is 0.325 e. The first kappa shape index (κ1) is 15.4. The topological polar surface area (TPSA) is 32.8 Å². The summed E-state index contributed by atoms with van der Waals surface area (Å²) in [7, 11) is 4.18. The Morgan fingerprint density at radius 2 is 2.17 bits per heavy atom. The van der Waals surface area contributed by atoms with E-state index >= 15 is 0 Å². The molecule has 0 N–H and O–H groups in total. The Kier molecular flexibility index (Phi) is 5.60. The molecule has 1 atom stereocenters. The molecule has 18 heavy (non-hydrogen) atoms. The third-order valence-corrected chi connectivity index (χ3v) is 4.09. The Labute approximate surface area is 111 Å². The number of carbonyl (C=O) groups excluding carboxylic acids is 1. The molecule has 1 fully saturated rings. The molecule has 1 unspecified atom stereocenters. The molecule has 1 heterocycles. The SMILES string of the molecule is CCOC(=O)C(C)(C)N(C)CCC1CCN(C)C1. The molecule has 1 saturated heterocycles. The molecular formula is C14H28N2O2. The Morgan fingerprint density at radius 1 is 1.50 bits per heavy atom. The lowest BCUT2D eigenvalue weighted by Gasteiger charge is -2.33. The fourth-order valence-corrected chi connectivity index (χ4v) is 2.38. The van der Waals surface area contributed by atoms with Gasteiger partial charge in [0.15, 0.2) is 0 Å². The molecule has 0 bridgehead atoms. The average Bonchev–Trinajstić information content (AvgIpc) is 2.72. The van der Waals surface area contributed by atoms with Gasteiger partial charge in [-0.3, -0.25) is 9.69 Å². The van der Waals surface area contributed by atoms with Crippen molar-refractivity contribution in [2.24, 2.45) is 5.92 Å². The molecule has 0 spiro atoms. The lowest BCUT2D eigenvalue weighted by atomic mass is 10.0. The molecule has 0 saturated carbocycles. The molecule has 0 aliphatic carbocycles. The summed E-state index contributed by atoms with van der Waals surface area (Å²) in [4.78, 5) is 16.4. The Bertz CT molecular complexity index is 279. The monoisotopic (exact) mass is 256 g/mol. The molecular weight excluding hydrogens is 228 g/mol. The smallest absolute Gasteiger partial charge is 0.325 e. The van der Waals surface area contributed by atoms with Crippen molar-refractivity contribution in [2.75, 3.05) is 40.3 Å². The predicted molar refractivity (Wildman–Crippen MR) is 73.6 cm³/mol. The fraction of sp³-hybridized carbons (Fsp3) is 0.929. The third kappa shape index (κ3) is 3.95. The lowest BCUT2D eigenvalue weighted by Crippen LogP contribution is -2.49. The van der Waals surface area contributed by atoms with E-state index in [-0.39, 0.29) is 5.97 Å². The van der Waals surface area contributed by atoms with Gasteiger partial charge in [-0.1, -0.05) is 0 Å². The van der Waals surface area contributed by atoms with E-state index in [2.05, 4.69) is 16.8 Å². The Morgan fingerprint density at radius 3 is 2.67 bits per heavy atom. The van der Waals surface area contributed by atoms with Gasteiger partial charge in [-0.15, -0.1) is 0 Å². The minimum atomic E-state index is -0.527. The van der Waals surface area contributed by atoms with E-state index < -0.39 is 5.54 Å². The van der Waals surface area contributed by atoms with Crippen molar-refractivity contribution in [3.8, 4) is 0 Å². The number of ether oxygens (including phenoxy) is 1. The van der Waals surface area contributed by atoms with E-state index in [4.69, 9.17) is 4.74 Å². The Balaban J connectivity index is 2.39. The van der Waals surface area contributed by atoms with E-state index in [1.165, 1.54) is 19.5 Å². The molecule has 0 amide bonds. The minimum Gasteiger partial charge on any atom is -0.465 e. The van der Waals surface area contributed by atoms with Crippen LogP contribution in [0.3, 0.4) is 0 Å². The van der Waals surface area contributed by atoms with Gasteiger partial charge in [-0.2, -0.15) is 0 Å². The van der Waals surface area contributed by atoms with E-state index in [1.807, 2.05) is 27.8 Å². The van der Waals surface area contributed by atoms with Crippen molar-refractivity contribution in [2.45, 2.75) is 39.2 Å². The molecule has 1 rings (SSSR count). The molecule has 4 heteroatoms. The van der Waals surface area contributed by atoms with Crippen molar-refractivity contribution >= 4 is 5.97 Å². The van der Waals surface area contributed by atoms with Crippen LogP contribution in [0, 0.1) is 5.92 Å². The van der Waals surface area contributed by atoms with Crippen LogP contribution in [-0.4, -0.2) is 61.6 Å². The van der Waals surface area contributed by atoms with Crippen LogP contribution < -0.4 is 0 Å². The summed E-state index contributed by atoms with van der Waals surface area (Å²) < 4.78 is 5.13. The standard InChI is InChI=1S/C14H28N2O2/c1-6-18-13(17)14(2,3)16(5)10-8-12-7-9-15(4)11-12/h12H,6-11H2,1-5H3. The summed E-state index contributed by atoms with van der Waals surface area (Å²) in [6, 6.07) is 0. The molecule has 106 valence electrons.